The Morgan fingerprint density at radius 2 is 1.85 bits per heavy atom. The summed E-state index contributed by atoms with van der Waals surface area (Å²) in [4.78, 5) is 16.5. The zero-order chi connectivity index (χ0) is 18.6. The van der Waals surface area contributed by atoms with Crippen LogP contribution in [0.2, 0.25) is 0 Å². The van der Waals surface area contributed by atoms with Gasteiger partial charge in [0.1, 0.15) is 6.10 Å². The molecule has 7 heteroatoms. The molecule has 0 spiro atoms. The van der Waals surface area contributed by atoms with Crippen molar-refractivity contribution in [2.45, 2.75) is 25.9 Å². The van der Waals surface area contributed by atoms with E-state index in [9.17, 15) is 4.79 Å². The van der Waals surface area contributed by atoms with E-state index in [1.54, 1.807) is 0 Å². The number of hydrogen-bond donors (Lipinski definition) is 1. The van der Waals surface area contributed by atoms with Crippen LogP contribution in [0.3, 0.4) is 0 Å². The lowest BCUT2D eigenvalue weighted by atomic mass is 10.2. The third kappa shape index (κ3) is 4.19. The van der Waals surface area contributed by atoms with Crippen LogP contribution in [0.1, 0.15) is 18.4 Å². The number of carbonyl (C=O) groups excluding carboxylic acids is 1. The van der Waals surface area contributed by atoms with Crippen LogP contribution in [0.25, 0.3) is 0 Å². The predicted molar refractivity (Wildman–Crippen MR) is 104 cm³/mol. The van der Waals surface area contributed by atoms with E-state index < -0.39 is 0 Å². The highest BCUT2D eigenvalue weighted by Gasteiger charge is 2.30. The Morgan fingerprint density at radius 3 is 2.48 bits per heavy atom. The third-order valence-electron chi connectivity index (χ3n) is 5.09. The van der Waals surface area contributed by atoms with E-state index in [1.165, 1.54) is 5.56 Å². The molecule has 1 aromatic heterocycles. The number of benzene rings is 1. The maximum atomic E-state index is 12.4. The molecule has 1 N–H and O–H groups in total. The Bertz CT molecular complexity index is 764. The number of nitrogens with one attached hydrogen (secondary N) is 1. The molecule has 2 aliphatic heterocycles. The van der Waals surface area contributed by atoms with Gasteiger partial charge in [0, 0.05) is 38.5 Å². The van der Waals surface area contributed by atoms with Crippen LogP contribution < -0.4 is 10.2 Å². The molecule has 2 fully saturated rings. The smallest absolute Gasteiger partial charge is 0.251 e. The quantitative estimate of drug-likeness (QED) is 0.895. The summed E-state index contributed by atoms with van der Waals surface area (Å²) >= 11 is 0. The Hall–Kier alpha value is -2.67. The SMILES string of the molecule is Cc1ccc(Nc2ccc(N3CCN(C(=O)C4CCCO4)CC3)nn2)cc1. The van der Waals surface area contributed by atoms with Gasteiger partial charge in [0.25, 0.3) is 5.91 Å². The molecule has 3 heterocycles. The Morgan fingerprint density at radius 1 is 1.07 bits per heavy atom. The van der Waals surface area contributed by atoms with Gasteiger partial charge >= 0.3 is 0 Å². The van der Waals surface area contributed by atoms with Gasteiger partial charge in [-0.3, -0.25) is 4.79 Å². The van der Waals surface area contributed by atoms with E-state index in [4.69, 9.17) is 4.74 Å². The number of anilines is 3. The number of ether oxygens (including phenoxy) is 1. The molecule has 1 unspecified atom stereocenters. The van der Waals surface area contributed by atoms with Crippen molar-refractivity contribution in [3.63, 3.8) is 0 Å². The first-order valence-electron chi connectivity index (χ1n) is 9.52. The van der Waals surface area contributed by atoms with Gasteiger partial charge in [0.15, 0.2) is 11.6 Å². The second-order valence-electron chi connectivity index (χ2n) is 7.08. The number of carbonyl (C=O) groups is 1. The van der Waals surface area contributed by atoms with Crippen molar-refractivity contribution in [1.29, 1.82) is 0 Å². The van der Waals surface area contributed by atoms with Crippen LogP contribution in [-0.4, -0.2) is 59.9 Å². The Kier molecular flexibility index (Phi) is 5.20. The molecule has 142 valence electrons. The van der Waals surface area contributed by atoms with Crippen LogP contribution in [0, 0.1) is 6.92 Å². The van der Waals surface area contributed by atoms with Gasteiger partial charge in [-0.1, -0.05) is 17.7 Å². The number of hydrogen-bond acceptors (Lipinski definition) is 6. The standard InChI is InChI=1S/C20H25N5O2/c1-15-4-6-16(7-5-15)21-18-8-9-19(23-22-18)24-10-12-25(13-11-24)20(26)17-3-2-14-27-17/h4-9,17H,2-3,10-14H2,1H3,(H,21,22). The lowest BCUT2D eigenvalue weighted by molar-refractivity contribution is -0.141. The maximum Gasteiger partial charge on any atom is 0.251 e. The van der Waals surface area contributed by atoms with Crippen molar-refractivity contribution < 1.29 is 9.53 Å². The van der Waals surface area contributed by atoms with Crippen LogP contribution >= 0.6 is 0 Å². The average Bonchev–Trinajstić information content (AvgIpc) is 3.25. The number of nitrogens with zero attached hydrogens (tertiary/aromatic N) is 4. The van der Waals surface area contributed by atoms with Crippen molar-refractivity contribution in [3.8, 4) is 0 Å². The van der Waals surface area contributed by atoms with Gasteiger partial charge in [-0.05, 0) is 44.0 Å². The van der Waals surface area contributed by atoms with E-state index >= 15 is 0 Å². The first-order chi connectivity index (χ1) is 13.2. The molecule has 0 aliphatic carbocycles. The largest absolute Gasteiger partial charge is 0.368 e. The molecule has 2 aromatic rings. The second-order valence-corrected chi connectivity index (χ2v) is 7.08. The van der Waals surface area contributed by atoms with E-state index in [2.05, 4.69) is 39.5 Å². The summed E-state index contributed by atoms with van der Waals surface area (Å²) in [6, 6.07) is 12.1. The average molecular weight is 367 g/mol. The highest BCUT2D eigenvalue weighted by molar-refractivity contribution is 5.81. The van der Waals surface area contributed by atoms with Gasteiger partial charge in [-0.15, -0.1) is 10.2 Å². The molecule has 0 bridgehead atoms. The molecule has 1 atom stereocenters. The minimum Gasteiger partial charge on any atom is -0.368 e. The molecular formula is C20H25N5O2. The molecule has 2 saturated heterocycles. The number of aryl methyl sites for hydroxylation is 1. The first kappa shape index (κ1) is 17.7. The fraction of sp³-hybridized carbons (Fsp3) is 0.450. The predicted octanol–water partition coefficient (Wildman–Crippen LogP) is 2.36. The molecule has 1 aromatic carbocycles. The second kappa shape index (κ2) is 7.92. The van der Waals surface area contributed by atoms with Crippen molar-refractivity contribution in [3.05, 3.63) is 42.0 Å². The van der Waals surface area contributed by atoms with Gasteiger partial charge < -0.3 is 19.9 Å². The number of aromatic nitrogens is 2. The first-order valence-corrected chi connectivity index (χ1v) is 9.52. The van der Waals surface area contributed by atoms with Crippen LogP contribution in [-0.2, 0) is 9.53 Å². The molecule has 1 amide bonds. The Balaban J connectivity index is 1.32. The molecule has 0 saturated carbocycles. The van der Waals surface area contributed by atoms with Crippen LogP contribution in [0.15, 0.2) is 36.4 Å². The summed E-state index contributed by atoms with van der Waals surface area (Å²) in [6.07, 6.45) is 1.60. The third-order valence-corrected chi connectivity index (χ3v) is 5.09. The van der Waals surface area contributed by atoms with Crippen molar-refractivity contribution >= 4 is 23.2 Å². The highest BCUT2D eigenvalue weighted by atomic mass is 16.5. The van der Waals surface area contributed by atoms with Crippen molar-refractivity contribution in [2.24, 2.45) is 0 Å². The van der Waals surface area contributed by atoms with E-state index in [0.717, 1.165) is 43.3 Å². The summed E-state index contributed by atoms with van der Waals surface area (Å²) in [5.74, 6) is 1.69. The molecule has 2 aliphatic rings. The summed E-state index contributed by atoms with van der Waals surface area (Å²) in [5.41, 5.74) is 2.21. The van der Waals surface area contributed by atoms with Crippen LogP contribution in [0.4, 0.5) is 17.3 Å². The summed E-state index contributed by atoms with van der Waals surface area (Å²) in [6.45, 7) is 5.69. The lowest BCUT2D eigenvalue weighted by Gasteiger charge is -2.36. The number of rotatable bonds is 4. The van der Waals surface area contributed by atoms with E-state index in [-0.39, 0.29) is 12.0 Å². The Labute approximate surface area is 159 Å². The van der Waals surface area contributed by atoms with Gasteiger partial charge in [0.05, 0.1) is 0 Å². The van der Waals surface area contributed by atoms with Crippen LogP contribution in [0.5, 0.6) is 0 Å². The van der Waals surface area contributed by atoms with E-state index in [1.807, 2.05) is 29.2 Å². The minimum atomic E-state index is -0.233. The summed E-state index contributed by atoms with van der Waals surface area (Å²) in [5, 5.41) is 11.9. The minimum absolute atomic E-state index is 0.135. The molecule has 4 rings (SSSR count). The van der Waals surface area contributed by atoms with Gasteiger partial charge in [-0.25, -0.2) is 0 Å². The molecule has 27 heavy (non-hydrogen) atoms. The fourth-order valence-corrected chi connectivity index (χ4v) is 3.48. The molecular weight excluding hydrogens is 342 g/mol. The fourth-order valence-electron chi connectivity index (χ4n) is 3.48. The normalized spacial score (nSPS) is 20.0. The number of amides is 1. The van der Waals surface area contributed by atoms with Crippen molar-refractivity contribution in [2.75, 3.05) is 43.0 Å². The molecule has 0 radical (unpaired) electrons. The lowest BCUT2D eigenvalue weighted by Crippen LogP contribution is -2.51. The number of piperazine rings is 1. The van der Waals surface area contributed by atoms with E-state index in [0.29, 0.717) is 19.7 Å². The highest BCUT2D eigenvalue weighted by Crippen LogP contribution is 2.20. The summed E-state index contributed by atoms with van der Waals surface area (Å²) in [7, 11) is 0. The monoisotopic (exact) mass is 367 g/mol. The maximum absolute atomic E-state index is 12.4. The van der Waals surface area contributed by atoms with Gasteiger partial charge in [-0.2, -0.15) is 0 Å². The van der Waals surface area contributed by atoms with Gasteiger partial charge in [0.2, 0.25) is 0 Å². The topological polar surface area (TPSA) is 70.6 Å². The zero-order valence-corrected chi connectivity index (χ0v) is 15.6. The summed E-state index contributed by atoms with van der Waals surface area (Å²) < 4.78 is 5.51. The van der Waals surface area contributed by atoms with Crippen molar-refractivity contribution in [1.82, 2.24) is 15.1 Å². The molecule has 7 nitrogen and oxygen atoms in total. The zero-order valence-electron chi connectivity index (χ0n) is 15.6.